The molecular formula is C24H19ClN4O4. The molecule has 0 radical (unpaired) electrons. The number of halogens is 1. The van der Waals surface area contributed by atoms with Crippen LogP contribution in [0, 0.1) is 10.1 Å². The van der Waals surface area contributed by atoms with E-state index in [0.717, 1.165) is 0 Å². The van der Waals surface area contributed by atoms with Gasteiger partial charge in [-0.15, -0.1) is 11.6 Å². The Morgan fingerprint density at radius 2 is 1.97 bits per heavy atom. The van der Waals surface area contributed by atoms with Gasteiger partial charge in [-0.3, -0.25) is 24.3 Å². The van der Waals surface area contributed by atoms with Crippen molar-refractivity contribution >= 4 is 51.8 Å². The van der Waals surface area contributed by atoms with Crippen LogP contribution in [0.3, 0.4) is 0 Å². The molecule has 4 aromatic rings. The Hall–Kier alpha value is -4.17. The number of amides is 1. The molecule has 0 fully saturated rings. The second kappa shape index (κ2) is 9.13. The summed E-state index contributed by atoms with van der Waals surface area (Å²) in [5.74, 6) is -0.454. The number of carbonyl (C=O) groups is 2. The van der Waals surface area contributed by atoms with E-state index in [2.05, 4.69) is 5.32 Å². The highest BCUT2D eigenvalue weighted by Gasteiger charge is 2.16. The zero-order valence-electron chi connectivity index (χ0n) is 17.6. The van der Waals surface area contributed by atoms with Gasteiger partial charge in [0.2, 0.25) is 0 Å². The van der Waals surface area contributed by atoms with Crippen molar-refractivity contribution in [2.75, 3.05) is 5.32 Å². The number of anilines is 1. The van der Waals surface area contributed by atoms with Crippen LogP contribution < -0.4 is 5.32 Å². The van der Waals surface area contributed by atoms with Crippen LogP contribution >= 0.6 is 11.6 Å². The van der Waals surface area contributed by atoms with E-state index in [1.165, 1.54) is 22.8 Å². The minimum absolute atomic E-state index is 0.110. The smallest absolute Gasteiger partial charge is 0.272 e. The molecule has 0 bridgehead atoms. The van der Waals surface area contributed by atoms with Crippen molar-refractivity contribution in [3.05, 3.63) is 100 Å². The Labute approximate surface area is 193 Å². The number of nitro benzene ring substituents is 1. The van der Waals surface area contributed by atoms with E-state index in [4.69, 9.17) is 11.6 Å². The molecular weight excluding hydrogens is 444 g/mol. The quantitative estimate of drug-likeness (QED) is 0.183. The summed E-state index contributed by atoms with van der Waals surface area (Å²) in [5, 5.41) is 14.7. The number of allylic oxidation sites excluding steroid dienone is 1. The van der Waals surface area contributed by atoms with Crippen LogP contribution in [0.2, 0.25) is 0 Å². The van der Waals surface area contributed by atoms with Crippen LogP contribution in [0.1, 0.15) is 26.4 Å². The maximum atomic E-state index is 12.9. The molecule has 0 saturated carbocycles. The molecule has 33 heavy (non-hydrogen) atoms. The number of hydrogen-bond acceptors (Lipinski definition) is 4. The van der Waals surface area contributed by atoms with Crippen molar-refractivity contribution in [2.24, 2.45) is 7.05 Å². The Morgan fingerprint density at radius 3 is 2.67 bits per heavy atom. The Bertz CT molecular complexity index is 1420. The predicted octanol–water partition coefficient (Wildman–Crippen LogP) is 5.23. The first-order valence-corrected chi connectivity index (χ1v) is 10.5. The van der Waals surface area contributed by atoms with Crippen molar-refractivity contribution in [3.63, 3.8) is 0 Å². The number of alkyl halides is 1. The summed E-state index contributed by atoms with van der Waals surface area (Å²) in [6, 6.07) is 14.9. The fourth-order valence-corrected chi connectivity index (χ4v) is 3.76. The Balaban J connectivity index is 1.58. The van der Waals surface area contributed by atoms with Gasteiger partial charge < -0.3 is 9.88 Å². The SMILES string of the molecule is Cn1cccc1C(=O)Nc1cccc(/C=C/C(=O)n2cc(CCl)c3ccc([N+](=O)[O-])cc32)c1. The molecule has 9 heteroatoms. The second-order valence-corrected chi connectivity index (χ2v) is 7.64. The highest BCUT2D eigenvalue weighted by atomic mass is 35.5. The van der Waals surface area contributed by atoms with Crippen LogP contribution in [0.15, 0.2) is 73.1 Å². The number of aromatic nitrogens is 2. The van der Waals surface area contributed by atoms with Gasteiger partial charge in [-0.1, -0.05) is 12.1 Å². The van der Waals surface area contributed by atoms with Gasteiger partial charge >= 0.3 is 0 Å². The van der Waals surface area contributed by atoms with E-state index >= 15 is 0 Å². The molecule has 1 N–H and O–H groups in total. The van der Waals surface area contributed by atoms with Crippen LogP contribution in [0.25, 0.3) is 17.0 Å². The van der Waals surface area contributed by atoms with Gasteiger partial charge in [0.25, 0.3) is 17.5 Å². The van der Waals surface area contributed by atoms with Gasteiger partial charge in [-0.05, 0) is 47.5 Å². The lowest BCUT2D eigenvalue weighted by Gasteiger charge is -2.07. The number of carbonyl (C=O) groups excluding carboxylic acids is 2. The van der Waals surface area contributed by atoms with Gasteiger partial charge in [-0.25, -0.2) is 0 Å². The molecule has 0 aliphatic heterocycles. The fourth-order valence-electron chi connectivity index (χ4n) is 3.55. The number of nitrogens with zero attached hydrogens (tertiary/aromatic N) is 3. The van der Waals surface area contributed by atoms with Gasteiger partial charge in [-0.2, -0.15) is 0 Å². The number of benzene rings is 2. The lowest BCUT2D eigenvalue weighted by molar-refractivity contribution is -0.384. The van der Waals surface area contributed by atoms with Crippen molar-refractivity contribution in [2.45, 2.75) is 5.88 Å². The third-order valence-electron chi connectivity index (χ3n) is 5.20. The first-order valence-electron chi connectivity index (χ1n) is 9.97. The summed E-state index contributed by atoms with van der Waals surface area (Å²) in [7, 11) is 1.79. The van der Waals surface area contributed by atoms with Gasteiger partial charge in [0.15, 0.2) is 0 Å². The molecule has 2 heterocycles. The predicted molar refractivity (Wildman–Crippen MR) is 128 cm³/mol. The lowest BCUT2D eigenvalue weighted by Crippen LogP contribution is -2.15. The Morgan fingerprint density at radius 1 is 1.15 bits per heavy atom. The fraction of sp³-hybridized carbons (Fsp3) is 0.0833. The maximum absolute atomic E-state index is 12.9. The highest BCUT2D eigenvalue weighted by molar-refractivity contribution is 6.18. The van der Waals surface area contributed by atoms with Gasteiger partial charge in [0, 0.05) is 54.6 Å². The number of nitrogens with one attached hydrogen (secondary N) is 1. The lowest BCUT2D eigenvalue weighted by atomic mass is 10.1. The summed E-state index contributed by atoms with van der Waals surface area (Å²) < 4.78 is 3.07. The zero-order valence-corrected chi connectivity index (χ0v) is 18.3. The second-order valence-electron chi connectivity index (χ2n) is 7.37. The molecule has 2 aromatic heterocycles. The maximum Gasteiger partial charge on any atom is 0.272 e. The zero-order chi connectivity index (χ0) is 23.5. The van der Waals surface area contributed by atoms with E-state index < -0.39 is 4.92 Å². The number of aryl methyl sites for hydroxylation is 1. The highest BCUT2D eigenvalue weighted by Crippen LogP contribution is 2.27. The number of rotatable bonds is 6. The molecule has 166 valence electrons. The minimum atomic E-state index is -0.507. The van der Waals surface area contributed by atoms with Gasteiger partial charge in [0.1, 0.15) is 5.69 Å². The normalized spacial score (nSPS) is 11.2. The number of non-ortho nitro benzene ring substituents is 1. The summed E-state index contributed by atoms with van der Waals surface area (Å²) in [6.45, 7) is 0. The summed E-state index contributed by atoms with van der Waals surface area (Å²) in [4.78, 5) is 36.0. The summed E-state index contributed by atoms with van der Waals surface area (Å²) >= 11 is 5.99. The molecule has 0 spiro atoms. The summed E-state index contributed by atoms with van der Waals surface area (Å²) in [6.07, 6.45) is 6.36. The molecule has 0 atom stereocenters. The third-order valence-corrected chi connectivity index (χ3v) is 5.49. The van der Waals surface area contributed by atoms with Crippen LogP contribution in [-0.4, -0.2) is 25.9 Å². The van der Waals surface area contributed by atoms with Crippen molar-refractivity contribution < 1.29 is 14.5 Å². The molecule has 2 aromatic carbocycles. The van der Waals surface area contributed by atoms with Gasteiger partial charge in [0.05, 0.1) is 10.4 Å². The largest absolute Gasteiger partial charge is 0.347 e. The molecule has 0 unspecified atom stereocenters. The number of nitro groups is 1. The van der Waals surface area contributed by atoms with Crippen LogP contribution in [0.4, 0.5) is 11.4 Å². The number of fused-ring (bicyclic) bond motifs is 1. The molecule has 0 aliphatic carbocycles. The standard InChI is InChI=1S/C24H19ClN4O4/c1-27-11-3-6-21(27)24(31)26-18-5-2-4-16(12-18)7-10-23(30)28-15-17(14-25)20-9-8-19(29(32)33)13-22(20)28/h2-13,15H,14H2,1H3,(H,26,31)/b10-7+. The van der Waals surface area contributed by atoms with Crippen molar-refractivity contribution in [1.29, 1.82) is 0 Å². The van der Waals surface area contributed by atoms with E-state index in [1.807, 2.05) is 0 Å². The van der Waals surface area contributed by atoms with E-state index in [0.29, 0.717) is 33.4 Å². The van der Waals surface area contributed by atoms with E-state index in [1.54, 1.807) is 72.5 Å². The average molecular weight is 463 g/mol. The third kappa shape index (κ3) is 4.56. The first-order chi connectivity index (χ1) is 15.9. The van der Waals surface area contributed by atoms with Crippen LogP contribution in [0.5, 0.6) is 0 Å². The minimum Gasteiger partial charge on any atom is -0.347 e. The van der Waals surface area contributed by atoms with E-state index in [9.17, 15) is 19.7 Å². The summed E-state index contributed by atoms with van der Waals surface area (Å²) in [5.41, 5.74) is 2.82. The monoisotopic (exact) mass is 462 g/mol. The van der Waals surface area contributed by atoms with Crippen molar-refractivity contribution in [3.8, 4) is 0 Å². The molecule has 0 saturated heterocycles. The molecule has 1 amide bonds. The molecule has 8 nitrogen and oxygen atoms in total. The topological polar surface area (TPSA) is 99.2 Å². The van der Waals surface area contributed by atoms with E-state index in [-0.39, 0.29) is 23.4 Å². The molecule has 4 rings (SSSR count). The molecule has 0 aliphatic rings. The first kappa shape index (κ1) is 22.0. The Kier molecular flexibility index (Phi) is 6.10. The van der Waals surface area contributed by atoms with Crippen LogP contribution in [-0.2, 0) is 12.9 Å². The number of hydrogen-bond donors (Lipinski definition) is 1. The average Bonchev–Trinajstić information content (AvgIpc) is 3.40. The van der Waals surface area contributed by atoms with Crippen molar-refractivity contribution in [1.82, 2.24) is 9.13 Å².